The Kier molecular flexibility index (Phi) is 17.7. The van der Waals surface area contributed by atoms with E-state index < -0.39 is 5.41 Å². The largest absolute Gasteiger partial charge is 0.264 e. The van der Waals surface area contributed by atoms with E-state index in [2.05, 4.69) is 377 Å². The van der Waals surface area contributed by atoms with Gasteiger partial charge in [0.1, 0.15) is 0 Å². The minimum absolute atomic E-state index is 0.230. The first-order chi connectivity index (χ1) is 67.1. The number of nitrogens with zero attached hydrogens (tertiary/aromatic N) is 10. The van der Waals surface area contributed by atoms with E-state index in [4.69, 9.17) is 44.9 Å². The number of benzene rings is 18. The Morgan fingerprint density at radius 2 is 0.478 bits per heavy atom. The Labute approximate surface area is 784 Å². The summed E-state index contributed by atoms with van der Waals surface area (Å²) in [5, 5.41) is 10.5. The number of rotatable bonds is 13. The third-order valence-corrected chi connectivity index (χ3v) is 28.5. The molecule has 0 saturated carbocycles. The highest BCUT2D eigenvalue weighted by atomic mass is 15.0. The maximum absolute atomic E-state index is 5.81. The van der Waals surface area contributed by atoms with E-state index in [-0.39, 0.29) is 5.41 Å². The summed E-state index contributed by atoms with van der Waals surface area (Å²) in [7, 11) is 0. The van der Waals surface area contributed by atoms with Gasteiger partial charge in [-0.05, 0) is 234 Å². The third kappa shape index (κ3) is 12.4. The molecule has 0 unspecified atom stereocenters. The lowest BCUT2D eigenvalue weighted by atomic mass is 9.70. The lowest BCUT2D eigenvalue weighted by molar-refractivity contribution is 0.660. The van der Waals surface area contributed by atoms with Crippen molar-refractivity contribution >= 4 is 64.9 Å². The standard InChI is InChI=1S/C126H78N10/c1-125(2)109-48-17-12-35-97(109)101-56-53-79(70-113(101)125)83-64-85(89-40-23-44-93-91(89)42-25-46-105(93)117-107-73-127-61-59-95(107)103-39-16-21-52-115(103)129-117)69-88(66-83)124-135-121(77-31-10-5-11-32-77)132-122(136-124)82-34-22-33-78(63-82)81-55-58-104-96-60-62-128-74-108(96)118(130-116(104)72-81)106-47-26-43-92-90(41-24-45-94(92)106)86-65-84(67-87(68-86)123-133-119(75-27-6-3-7-28-75)131-120(134-123)76-29-8-4-9-30-76)80-54-57-102-100-38-15-20-51-112(100)126(114(102)71-80)110-49-18-13-36-98(110)99-37-14-19-50-111(99)126/h3-74H,1-2H3. The van der Waals surface area contributed by atoms with Crippen LogP contribution in [0.15, 0.2) is 437 Å². The average molecular weight is 1730 g/mol. The molecule has 136 heavy (non-hydrogen) atoms. The number of aromatic nitrogens is 10. The van der Waals surface area contributed by atoms with Gasteiger partial charge in [0.2, 0.25) is 0 Å². The third-order valence-electron chi connectivity index (χ3n) is 28.5. The summed E-state index contributed by atoms with van der Waals surface area (Å²) in [5.41, 5.74) is 35.5. The van der Waals surface area contributed by atoms with Crippen LogP contribution < -0.4 is 0 Å². The van der Waals surface area contributed by atoms with E-state index in [0.29, 0.717) is 34.9 Å². The SMILES string of the molecule is CC1(C)c2ccccc2-c2ccc(-c3cc(-c4nc(-c5ccccc5)nc(-c5cccc(-c6ccc7c(c6)nc(-c6cccc8c(-c9cc(-c%10ccc%11c(c%10)C%10(c%12ccccc%12-c%12ccccc%12%10)c%10ccccc%10-%11)cc(-c%10nc(-c%11ccccc%11)nc(-c%11ccccc%11)n%10)c9)cccc68)c6cnccc67)c5)n4)cc(-c4cccc5c(-c6nc7ccccc7c7ccncc67)cccc45)c3)cc21. The Morgan fingerprint density at radius 1 is 0.162 bits per heavy atom. The van der Waals surface area contributed by atoms with Crippen LogP contribution in [0.25, 0.3) is 245 Å². The van der Waals surface area contributed by atoms with Crippen LogP contribution in [0.5, 0.6) is 0 Å². The van der Waals surface area contributed by atoms with E-state index in [1.54, 1.807) is 0 Å². The van der Waals surface area contributed by atoms with Crippen molar-refractivity contribution in [1.82, 2.24) is 49.8 Å². The van der Waals surface area contributed by atoms with Gasteiger partial charge in [-0.15, -0.1) is 0 Å². The zero-order valence-electron chi connectivity index (χ0n) is 74.0. The summed E-state index contributed by atoms with van der Waals surface area (Å²) in [6.07, 6.45) is 7.68. The molecule has 0 radical (unpaired) electrons. The Hall–Kier alpha value is -17.9. The van der Waals surface area contributed by atoms with Gasteiger partial charge in [-0.1, -0.05) is 347 Å². The Morgan fingerprint density at radius 3 is 0.985 bits per heavy atom. The van der Waals surface area contributed by atoms with Gasteiger partial charge >= 0.3 is 0 Å². The molecule has 10 nitrogen and oxygen atoms in total. The smallest absolute Gasteiger partial charge is 0.164 e. The van der Waals surface area contributed by atoms with Crippen molar-refractivity contribution in [1.29, 1.82) is 0 Å². The zero-order chi connectivity index (χ0) is 89.9. The van der Waals surface area contributed by atoms with Crippen molar-refractivity contribution in [2.45, 2.75) is 24.7 Å². The molecule has 6 heterocycles. The summed E-state index contributed by atoms with van der Waals surface area (Å²) in [5.74, 6) is 3.38. The fourth-order valence-corrected chi connectivity index (χ4v) is 22.2. The number of pyridine rings is 4. The van der Waals surface area contributed by atoms with Crippen LogP contribution in [-0.2, 0) is 10.8 Å². The Balaban J connectivity index is 0.593. The fraction of sp³-hybridized carbons (Fsp3) is 0.0317. The molecule has 6 aromatic heterocycles. The van der Waals surface area contributed by atoms with Crippen molar-refractivity contribution < 1.29 is 0 Å². The van der Waals surface area contributed by atoms with Crippen LogP contribution in [0.2, 0.25) is 0 Å². The molecule has 3 aliphatic carbocycles. The van der Waals surface area contributed by atoms with Crippen LogP contribution in [0.1, 0.15) is 47.2 Å². The van der Waals surface area contributed by atoms with Crippen LogP contribution in [-0.4, -0.2) is 49.8 Å². The molecule has 0 aliphatic heterocycles. The molecule has 3 aliphatic rings. The highest BCUT2D eigenvalue weighted by molar-refractivity contribution is 6.17. The Bertz CT molecular complexity index is 9040. The summed E-state index contributed by atoms with van der Waals surface area (Å²) < 4.78 is 0. The van der Waals surface area contributed by atoms with Crippen molar-refractivity contribution in [3.05, 3.63) is 471 Å². The molecule has 10 heteroatoms. The van der Waals surface area contributed by atoms with Crippen molar-refractivity contribution in [3.63, 3.8) is 0 Å². The van der Waals surface area contributed by atoms with Crippen LogP contribution >= 0.6 is 0 Å². The molecule has 24 aromatic rings. The molecular weight excluding hydrogens is 1650 g/mol. The second-order valence-corrected chi connectivity index (χ2v) is 36.4. The first-order valence-electron chi connectivity index (χ1n) is 46.3. The predicted octanol–water partition coefficient (Wildman–Crippen LogP) is 30.9. The summed E-state index contributed by atoms with van der Waals surface area (Å²) in [6, 6.07) is 149. The monoisotopic (exact) mass is 1730 g/mol. The van der Waals surface area contributed by atoms with Crippen molar-refractivity contribution in [3.8, 4) is 180 Å². The average Bonchev–Trinajstić information content (AvgIpc) is 1.50. The molecule has 0 N–H and O–H groups in total. The quantitative estimate of drug-likeness (QED) is 0.103. The first kappa shape index (κ1) is 78.0. The molecule has 0 amide bonds. The lowest BCUT2D eigenvalue weighted by Crippen LogP contribution is -2.25. The highest BCUT2D eigenvalue weighted by Crippen LogP contribution is 2.64. The van der Waals surface area contributed by atoms with E-state index in [1.807, 2.05) is 79.4 Å². The number of para-hydroxylation sites is 1. The predicted molar refractivity (Wildman–Crippen MR) is 554 cm³/mol. The van der Waals surface area contributed by atoms with Crippen LogP contribution in [0.3, 0.4) is 0 Å². The number of hydrogen-bond acceptors (Lipinski definition) is 10. The lowest BCUT2D eigenvalue weighted by Gasteiger charge is -2.30. The van der Waals surface area contributed by atoms with Gasteiger partial charge in [0.15, 0.2) is 34.9 Å². The summed E-state index contributed by atoms with van der Waals surface area (Å²) >= 11 is 0. The van der Waals surface area contributed by atoms with E-state index in [0.717, 1.165) is 176 Å². The van der Waals surface area contributed by atoms with Gasteiger partial charge < -0.3 is 0 Å². The molecule has 1 spiro atoms. The molecule has 27 rings (SSSR count). The summed E-state index contributed by atoms with van der Waals surface area (Å²) in [6.45, 7) is 4.69. The van der Waals surface area contributed by atoms with Gasteiger partial charge in [-0.3, -0.25) is 9.97 Å². The molecule has 632 valence electrons. The maximum atomic E-state index is 5.81. The molecule has 0 bridgehead atoms. The van der Waals surface area contributed by atoms with Gasteiger partial charge in [0.05, 0.1) is 27.8 Å². The van der Waals surface area contributed by atoms with Crippen molar-refractivity contribution in [2.24, 2.45) is 0 Å². The van der Waals surface area contributed by atoms with Gasteiger partial charge in [0, 0.05) is 96.3 Å². The molecular formula is C126H78N10. The maximum Gasteiger partial charge on any atom is 0.164 e. The zero-order valence-corrected chi connectivity index (χ0v) is 74.0. The molecule has 18 aromatic carbocycles. The van der Waals surface area contributed by atoms with E-state index >= 15 is 0 Å². The van der Waals surface area contributed by atoms with Gasteiger partial charge in [-0.25, -0.2) is 39.9 Å². The van der Waals surface area contributed by atoms with Gasteiger partial charge in [-0.2, -0.15) is 0 Å². The second-order valence-electron chi connectivity index (χ2n) is 36.4. The highest BCUT2D eigenvalue weighted by Gasteiger charge is 2.52. The minimum atomic E-state index is -0.550. The van der Waals surface area contributed by atoms with E-state index in [9.17, 15) is 0 Å². The molecule has 0 saturated heterocycles. The minimum Gasteiger partial charge on any atom is -0.264 e. The molecule has 0 atom stereocenters. The van der Waals surface area contributed by atoms with E-state index in [1.165, 1.54) is 66.8 Å². The first-order valence-corrected chi connectivity index (χ1v) is 46.3. The summed E-state index contributed by atoms with van der Waals surface area (Å²) in [4.78, 5) is 53.2. The van der Waals surface area contributed by atoms with Crippen LogP contribution in [0, 0.1) is 0 Å². The topological polar surface area (TPSA) is 129 Å². The number of fused-ring (bicyclic) bond motifs is 21. The molecule has 0 fully saturated rings. The second kappa shape index (κ2) is 30.9. The van der Waals surface area contributed by atoms with Crippen LogP contribution in [0.4, 0.5) is 0 Å². The van der Waals surface area contributed by atoms with Crippen molar-refractivity contribution in [2.75, 3.05) is 0 Å². The number of hydrogen-bond donors (Lipinski definition) is 0. The fourth-order valence-electron chi connectivity index (χ4n) is 22.2. The van der Waals surface area contributed by atoms with Gasteiger partial charge in [0.25, 0.3) is 0 Å². The normalized spacial score (nSPS) is 12.9.